The summed E-state index contributed by atoms with van der Waals surface area (Å²) in [6, 6.07) is 14.6. The number of carbonyl (C=O) groups is 1. The third kappa shape index (κ3) is 3.65. The molecule has 0 bridgehead atoms. The molecule has 1 aromatic heterocycles. The van der Waals surface area contributed by atoms with Gasteiger partial charge in [-0.2, -0.15) is 4.68 Å². The average molecular weight is 368 g/mol. The second-order valence-electron chi connectivity index (χ2n) is 6.04. The number of aryl methyl sites for hydroxylation is 1. The van der Waals surface area contributed by atoms with E-state index in [0.29, 0.717) is 22.0 Å². The molecule has 0 saturated heterocycles. The van der Waals surface area contributed by atoms with Crippen LogP contribution < -0.4 is 0 Å². The second kappa shape index (κ2) is 7.49. The molecule has 0 N–H and O–H groups in total. The number of aromatic nitrogens is 4. The van der Waals surface area contributed by atoms with Crippen molar-refractivity contribution in [3.05, 3.63) is 76.7 Å². The van der Waals surface area contributed by atoms with Gasteiger partial charge >= 0.3 is 0 Å². The Labute approximate surface area is 156 Å². The van der Waals surface area contributed by atoms with Gasteiger partial charge in [0.05, 0.1) is 11.3 Å². The van der Waals surface area contributed by atoms with Gasteiger partial charge in [0, 0.05) is 30.9 Å². The van der Waals surface area contributed by atoms with Gasteiger partial charge in [-0.15, -0.1) is 5.10 Å². The molecule has 0 unspecified atom stereocenters. The van der Waals surface area contributed by atoms with Crippen molar-refractivity contribution in [1.82, 2.24) is 25.1 Å². The first-order valence-corrected chi connectivity index (χ1v) is 8.38. The first-order valence-electron chi connectivity index (χ1n) is 8.00. The lowest BCUT2D eigenvalue weighted by Crippen LogP contribution is -2.14. The molecule has 0 atom stereocenters. The van der Waals surface area contributed by atoms with Crippen molar-refractivity contribution in [2.45, 2.75) is 6.92 Å². The molecule has 3 rings (SSSR count). The zero-order chi connectivity index (χ0) is 18.7. The van der Waals surface area contributed by atoms with Crippen LogP contribution in [0.15, 0.2) is 54.7 Å². The zero-order valence-electron chi connectivity index (χ0n) is 14.7. The first-order chi connectivity index (χ1) is 12.5. The minimum absolute atomic E-state index is 0.137. The van der Waals surface area contributed by atoms with Gasteiger partial charge in [-0.1, -0.05) is 35.9 Å². The predicted molar refractivity (Wildman–Crippen MR) is 101 cm³/mol. The van der Waals surface area contributed by atoms with Crippen molar-refractivity contribution >= 4 is 23.0 Å². The molecule has 2 aromatic carbocycles. The maximum Gasteiger partial charge on any atom is 0.198 e. The fraction of sp³-hybridized carbons (Fsp3) is 0.158. The van der Waals surface area contributed by atoms with Crippen molar-refractivity contribution in [2.24, 2.45) is 0 Å². The van der Waals surface area contributed by atoms with E-state index in [1.165, 1.54) is 4.68 Å². The minimum Gasteiger partial charge on any atom is -0.383 e. The van der Waals surface area contributed by atoms with Crippen LogP contribution in [0.25, 0.3) is 11.3 Å². The molecule has 6 nitrogen and oxygen atoms in total. The number of hydrogen-bond donors (Lipinski definition) is 0. The number of hydrogen-bond acceptors (Lipinski definition) is 5. The van der Waals surface area contributed by atoms with Gasteiger partial charge in [0.25, 0.3) is 0 Å². The summed E-state index contributed by atoms with van der Waals surface area (Å²) in [7, 11) is 3.70. The number of halogens is 1. The highest BCUT2D eigenvalue weighted by Gasteiger charge is 2.23. The fourth-order valence-corrected chi connectivity index (χ4v) is 2.69. The molecule has 0 radical (unpaired) electrons. The number of tetrazole rings is 1. The van der Waals surface area contributed by atoms with Crippen LogP contribution in [0.1, 0.15) is 21.7 Å². The van der Waals surface area contributed by atoms with Crippen LogP contribution in [0.2, 0.25) is 5.02 Å². The Bertz CT molecular complexity index is 960. The van der Waals surface area contributed by atoms with Gasteiger partial charge in [-0.05, 0) is 47.2 Å². The van der Waals surface area contributed by atoms with E-state index in [1.54, 1.807) is 41.4 Å². The second-order valence-corrected chi connectivity index (χ2v) is 6.48. The summed E-state index contributed by atoms with van der Waals surface area (Å²) in [5.74, 6) is 0.232. The molecular formula is C19H18ClN5O. The van der Waals surface area contributed by atoms with Crippen LogP contribution in [-0.2, 0) is 0 Å². The van der Waals surface area contributed by atoms with E-state index in [0.717, 1.165) is 11.3 Å². The van der Waals surface area contributed by atoms with Gasteiger partial charge < -0.3 is 4.90 Å². The molecule has 0 amide bonds. The maximum absolute atomic E-state index is 13.2. The van der Waals surface area contributed by atoms with E-state index in [9.17, 15) is 4.79 Å². The topological polar surface area (TPSA) is 63.9 Å². The van der Waals surface area contributed by atoms with E-state index in [-0.39, 0.29) is 5.78 Å². The van der Waals surface area contributed by atoms with E-state index >= 15 is 0 Å². The lowest BCUT2D eigenvalue weighted by Gasteiger charge is -2.13. The summed E-state index contributed by atoms with van der Waals surface area (Å²) in [5, 5.41) is 12.5. The molecule has 26 heavy (non-hydrogen) atoms. The van der Waals surface area contributed by atoms with Crippen LogP contribution in [-0.4, -0.2) is 45.0 Å². The van der Waals surface area contributed by atoms with Crippen molar-refractivity contribution in [3.8, 4) is 5.69 Å². The lowest BCUT2D eigenvalue weighted by molar-refractivity contribution is 0.105. The number of carbonyl (C=O) groups excluding carboxylic acids is 1. The molecule has 7 heteroatoms. The Morgan fingerprint density at radius 3 is 2.46 bits per heavy atom. The smallest absolute Gasteiger partial charge is 0.198 e. The molecule has 0 fully saturated rings. The molecule has 3 aromatic rings. The third-order valence-corrected chi connectivity index (χ3v) is 4.06. The van der Waals surface area contributed by atoms with Crippen LogP contribution in [0.4, 0.5) is 0 Å². The Morgan fingerprint density at radius 2 is 1.81 bits per heavy atom. The van der Waals surface area contributed by atoms with Crippen molar-refractivity contribution in [3.63, 3.8) is 0 Å². The SMILES string of the molecule is Cc1ccccc1C(=O)/C(=C\N(C)C)c1nnnn1-c1ccc(Cl)cc1. The summed E-state index contributed by atoms with van der Waals surface area (Å²) in [6.07, 6.45) is 1.73. The molecule has 1 heterocycles. The number of benzene rings is 2. The fourth-order valence-electron chi connectivity index (χ4n) is 2.56. The normalized spacial score (nSPS) is 11.5. The number of allylic oxidation sites excluding steroid dienone is 1. The molecule has 0 aliphatic heterocycles. The summed E-state index contributed by atoms with van der Waals surface area (Å²) < 4.78 is 1.53. The Morgan fingerprint density at radius 1 is 1.12 bits per heavy atom. The zero-order valence-corrected chi connectivity index (χ0v) is 15.5. The lowest BCUT2D eigenvalue weighted by atomic mass is 9.99. The van der Waals surface area contributed by atoms with E-state index in [1.807, 2.05) is 39.2 Å². The Hall–Kier alpha value is -2.99. The highest BCUT2D eigenvalue weighted by atomic mass is 35.5. The number of ketones is 1. The van der Waals surface area contributed by atoms with E-state index < -0.39 is 0 Å². The summed E-state index contributed by atoms with van der Waals surface area (Å²) >= 11 is 5.96. The van der Waals surface area contributed by atoms with Crippen LogP contribution in [0, 0.1) is 6.92 Å². The highest BCUT2D eigenvalue weighted by molar-refractivity contribution is 6.30. The molecule has 0 aliphatic carbocycles. The predicted octanol–water partition coefficient (Wildman–Crippen LogP) is 3.41. The summed E-state index contributed by atoms with van der Waals surface area (Å²) in [5.41, 5.74) is 2.64. The van der Waals surface area contributed by atoms with Gasteiger partial charge in [0.15, 0.2) is 11.6 Å². The van der Waals surface area contributed by atoms with Crippen LogP contribution in [0.3, 0.4) is 0 Å². The maximum atomic E-state index is 13.2. The van der Waals surface area contributed by atoms with Gasteiger partial charge in [0.2, 0.25) is 0 Å². The quantitative estimate of drug-likeness (QED) is 0.510. The van der Waals surface area contributed by atoms with Crippen LogP contribution in [0.5, 0.6) is 0 Å². The molecule has 0 spiro atoms. The first kappa shape index (κ1) is 17.8. The Balaban J connectivity index is 2.11. The van der Waals surface area contributed by atoms with E-state index in [4.69, 9.17) is 11.6 Å². The van der Waals surface area contributed by atoms with Gasteiger partial charge in [-0.25, -0.2) is 0 Å². The Kier molecular flexibility index (Phi) is 5.14. The van der Waals surface area contributed by atoms with Crippen LogP contribution >= 0.6 is 11.6 Å². The van der Waals surface area contributed by atoms with Crippen molar-refractivity contribution in [1.29, 1.82) is 0 Å². The molecular weight excluding hydrogens is 350 g/mol. The average Bonchev–Trinajstić information content (AvgIpc) is 3.09. The minimum atomic E-state index is -0.137. The monoisotopic (exact) mass is 367 g/mol. The molecule has 0 saturated carbocycles. The highest BCUT2D eigenvalue weighted by Crippen LogP contribution is 2.23. The molecule has 0 aliphatic rings. The van der Waals surface area contributed by atoms with Crippen molar-refractivity contribution < 1.29 is 4.79 Å². The van der Waals surface area contributed by atoms with Crippen molar-refractivity contribution in [2.75, 3.05) is 14.1 Å². The number of Topliss-reactive ketones (excluding diaryl/α,β-unsaturated/α-hetero) is 1. The number of rotatable bonds is 5. The largest absolute Gasteiger partial charge is 0.383 e. The molecule has 132 valence electrons. The standard InChI is InChI=1S/C19H18ClN5O/c1-13-6-4-5-7-16(13)18(26)17(12-24(2)3)19-21-22-23-25(19)15-10-8-14(20)9-11-15/h4-12H,1-3H3/b17-12+. The summed E-state index contributed by atoms with van der Waals surface area (Å²) in [4.78, 5) is 15.0. The van der Waals surface area contributed by atoms with Gasteiger partial charge in [-0.3, -0.25) is 4.79 Å². The van der Waals surface area contributed by atoms with E-state index in [2.05, 4.69) is 15.5 Å². The van der Waals surface area contributed by atoms with Gasteiger partial charge in [0.1, 0.15) is 0 Å². The number of nitrogens with zero attached hydrogens (tertiary/aromatic N) is 5. The third-order valence-electron chi connectivity index (χ3n) is 3.80. The summed E-state index contributed by atoms with van der Waals surface area (Å²) in [6.45, 7) is 1.91.